The predicted molar refractivity (Wildman–Crippen MR) is 114 cm³/mol. The lowest BCUT2D eigenvalue weighted by atomic mass is 10.1. The van der Waals surface area contributed by atoms with Gasteiger partial charge in [-0.1, -0.05) is 60.2 Å². The lowest BCUT2D eigenvalue weighted by Gasteiger charge is -2.13. The molecule has 2 aromatic heterocycles. The number of nitrogens with zero attached hydrogens (tertiary/aromatic N) is 2. The third kappa shape index (κ3) is 2.75. The quantitative estimate of drug-likeness (QED) is 0.424. The highest BCUT2D eigenvalue weighted by atomic mass is 16.3. The van der Waals surface area contributed by atoms with Crippen LogP contribution in [0.1, 0.15) is 5.56 Å². The normalized spacial score (nSPS) is 11.2. The zero-order valence-corrected chi connectivity index (χ0v) is 15.6. The molecular weight excluding hydrogens is 364 g/mol. The van der Waals surface area contributed by atoms with Crippen LogP contribution in [0.2, 0.25) is 0 Å². The van der Waals surface area contributed by atoms with E-state index in [9.17, 15) is 9.59 Å². The minimum Gasteiger partial charge on any atom is -0.437 e. The second-order valence-corrected chi connectivity index (χ2v) is 6.89. The molecule has 0 radical (unpaired) electrons. The van der Waals surface area contributed by atoms with Gasteiger partial charge in [-0.2, -0.15) is 4.98 Å². The Morgan fingerprint density at radius 3 is 2.28 bits per heavy atom. The largest absolute Gasteiger partial charge is 0.437 e. The average molecular weight is 380 g/mol. The first kappa shape index (κ1) is 17.1. The SMILES string of the molecule is Cc1ccc(-n2c(-c3ccccc3)nc3oc4ccccc4c(=O)c3c2=O)cc1. The van der Waals surface area contributed by atoms with E-state index in [-0.39, 0.29) is 16.5 Å². The van der Waals surface area contributed by atoms with Crippen LogP contribution in [0.3, 0.4) is 0 Å². The zero-order valence-electron chi connectivity index (χ0n) is 15.6. The molecule has 0 spiro atoms. The van der Waals surface area contributed by atoms with Crippen molar-refractivity contribution in [3.63, 3.8) is 0 Å². The first-order valence-electron chi connectivity index (χ1n) is 9.24. The second kappa shape index (κ2) is 6.56. The standard InChI is InChI=1S/C24H16N2O3/c1-15-11-13-17(14-12-15)26-22(16-7-3-2-4-8-16)25-23-20(24(26)28)21(27)18-9-5-6-10-19(18)29-23/h2-14H,1H3. The summed E-state index contributed by atoms with van der Waals surface area (Å²) in [5, 5.41) is 0.311. The molecule has 0 amide bonds. The van der Waals surface area contributed by atoms with E-state index in [0.717, 1.165) is 11.1 Å². The van der Waals surface area contributed by atoms with Gasteiger partial charge in [0, 0.05) is 5.56 Å². The van der Waals surface area contributed by atoms with E-state index in [1.54, 1.807) is 24.3 Å². The molecule has 0 saturated carbocycles. The molecule has 0 N–H and O–H groups in total. The number of aryl methyl sites for hydroxylation is 1. The molecule has 0 aliphatic heterocycles. The van der Waals surface area contributed by atoms with Gasteiger partial charge in [-0.05, 0) is 31.2 Å². The Morgan fingerprint density at radius 2 is 1.52 bits per heavy atom. The maximum Gasteiger partial charge on any atom is 0.273 e. The van der Waals surface area contributed by atoms with Crippen molar-refractivity contribution >= 4 is 22.1 Å². The third-order valence-corrected chi connectivity index (χ3v) is 4.94. The number of hydrogen-bond donors (Lipinski definition) is 0. The number of rotatable bonds is 2. The van der Waals surface area contributed by atoms with Crippen molar-refractivity contribution in [2.45, 2.75) is 6.92 Å². The lowest BCUT2D eigenvalue weighted by molar-refractivity contribution is 0.641. The number of para-hydroxylation sites is 1. The van der Waals surface area contributed by atoms with Gasteiger partial charge in [-0.25, -0.2) is 0 Å². The third-order valence-electron chi connectivity index (χ3n) is 4.94. The van der Waals surface area contributed by atoms with Gasteiger partial charge in [0.05, 0.1) is 11.1 Å². The Kier molecular flexibility index (Phi) is 3.88. The molecule has 140 valence electrons. The summed E-state index contributed by atoms with van der Waals surface area (Å²) in [5.74, 6) is 0.422. The van der Waals surface area contributed by atoms with Crippen molar-refractivity contribution < 1.29 is 4.42 Å². The van der Waals surface area contributed by atoms with Crippen molar-refractivity contribution in [3.05, 3.63) is 105 Å². The Labute approximate surface area is 165 Å². The topological polar surface area (TPSA) is 65.1 Å². The van der Waals surface area contributed by atoms with Crippen LogP contribution in [0.15, 0.2) is 92.9 Å². The first-order chi connectivity index (χ1) is 14.1. The molecule has 0 aliphatic carbocycles. The van der Waals surface area contributed by atoms with E-state index in [1.807, 2.05) is 61.5 Å². The van der Waals surface area contributed by atoms with Crippen LogP contribution in [0.5, 0.6) is 0 Å². The fourth-order valence-corrected chi connectivity index (χ4v) is 3.47. The monoisotopic (exact) mass is 380 g/mol. The molecule has 0 bridgehead atoms. The number of aromatic nitrogens is 2. The highest BCUT2D eigenvalue weighted by Gasteiger charge is 2.19. The van der Waals surface area contributed by atoms with Crippen molar-refractivity contribution in [1.82, 2.24) is 9.55 Å². The van der Waals surface area contributed by atoms with Gasteiger partial charge in [-0.15, -0.1) is 0 Å². The van der Waals surface area contributed by atoms with Crippen LogP contribution in [0.4, 0.5) is 0 Å². The molecule has 0 saturated heterocycles. The molecule has 0 aliphatic rings. The molecular formula is C24H16N2O3. The highest BCUT2D eigenvalue weighted by Crippen LogP contribution is 2.23. The van der Waals surface area contributed by atoms with Crippen LogP contribution in [-0.2, 0) is 0 Å². The molecule has 0 atom stereocenters. The number of benzene rings is 3. The van der Waals surface area contributed by atoms with Gasteiger partial charge < -0.3 is 4.42 Å². The summed E-state index contributed by atoms with van der Waals surface area (Å²) < 4.78 is 7.33. The molecule has 5 nitrogen and oxygen atoms in total. The summed E-state index contributed by atoms with van der Waals surface area (Å²) in [6.07, 6.45) is 0. The second-order valence-electron chi connectivity index (χ2n) is 6.89. The maximum atomic E-state index is 13.5. The van der Waals surface area contributed by atoms with E-state index in [1.165, 1.54) is 4.57 Å². The summed E-state index contributed by atoms with van der Waals surface area (Å²) in [4.78, 5) is 31.2. The minimum atomic E-state index is -0.447. The van der Waals surface area contributed by atoms with Crippen LogP contribution in [0.25, 0.3) is 39.1 Å². The predicted octanol–water partition coefficient (Wildman–Crippen LogP) is 4.47. The molecule has 5 aromatic rings. The molecule has 0 unspecified atom stereocenters. The van der Waals surface area contributed by atoms with Gasteiger partial charge in [-0.3, -0.25) is 14.2 Å². The lowest BCUT2D eigenvalue weighted by Crippen LogP contribution is -2.26. The summed E-state index contributed by atoms with van der Waals surface area (Å²) in [6, 6.07) is 23.8. The smallest absolute Gasteiger partial charge is 0.273 e. The summed E-state index contributed by atoms with van der Waals surface area (Å²) >= 11 is 0. The molecule has 2 heterocycles. The molecule has 5 rings (SSSR count). The van der Waals surface area contributed by atoms with Crippen LogP contribution < -0.4 is 11.0 Å². The summed E-state index contributed by atoms with van der Waals surface area (Å²) in [5.41, 5.74) is 2.09. The summed E-state index contributed by atoms with van der Waals surface area (Å²) in [6.45, 7) is 1.98. The van der Waals surface area contributed by atoms with E-state index < -0.39 is 5.56 Å². The Bertz CT molecular complexity index is 1480. The summed E-state index contributed by atoms with van der Waals surface area (Å²) in [7, 11) is 0. The molecule has 0 fully saturated rings. The van der Waals surface area contributed by atoms with E-state index in [2.05, 4.69) is 4.98 Å². The minimum absolute atomic E-state index is 0.0425. The number of hydrogen-bond acceptors (Lipinski definition) is 4. The van der Waals surface area contributed by atoms with E-state index in [0.29, 0.717) is 22.5 Å². The van der Waals surface area contributed by atoms with Gasteiger partial charge in [0.2, 0.25) is 11.1 Å². The van der Waals surface area contributed by atoms with Gasteiger partial charge in [0.25, 0.3) is 5.56 Å². The van der Waals surface area contributed by atoms with E-state index in [4.69, 9.17) is 4.42 Å². The van der Waals surface area contributed by atoms with Crippen LogP contribution in [-0.4, -0.2) is 9.55 Å². The Morgan fingerprint density at radius 1 is 0.828 bits per heavy atom. The highest BCUT2D eigenvalue weighted by molar-refractivity contribution is 5.88. The average Bonchev–Trinajstić information content (AvgIpc) is 2.75. The zero-order chi connectivity index (χ0) is 20.0. The Balaban J connectivity index is 1.97. The fourth-order valence-electron chi connectivity index (χ4n) is 3.47. The van der Waals surface area contributed by atoms with Crippen LogP contribution >= 0.6 is 0 Å². The van der Waals surface area contributed by atoms with Crippen molar-refractivity contribution in [1.29, 1.82) is 0 Å². The van der Waals surface area contributed by atoms with Crippen molar-refractivity contribution in [3.8, 4) is 17.1 Å². The first-order valence-corrected chi connectivity index (χ1v) is 9.24. The van der Waals surface area contributed by atoms with Gasteiger partial charge in [0.1, 0.15) is 5.58 Å². The fraction of sp³-hybridized carbons (Fsp3) is 0.0417. The van der Waals surface area contributed by atoms with Gasteiger partial charge in [0.15, 0.2) is 11.2 Å². The Hall–Kier alpha value is -3.99. The number of fused-ring (bicyclic) bond motifs is 2. The van der Waals surface area contributed by atoms with Crippen molar-refractivity contribution in [2.24, 2.45) is 0 Å². The molecule has 5 heteroatoms. The molecule has 29 heavy (non-hydrogen) atoms. The molecule has 3 aromatic carbocycles. The maximum absolute atomic E-state index is 13.5. The van der Waals surface area contributed by atoms with Gasteiger partial charge >= 0.3 is 0 Å². The van der Waals surface area contributed by atoms with Crippen LogP contribution in [0, 0.1) is 6.92 Å². The van der Waals surface area contributed by atoms with E-state index >= 15 is 0 Å². The van der Waals surface area contributed by atoms with Crippen molar-refractivity contribution in [2.75, 3.05) is 0 Å².